The molecule has 1 atom stereocenters. The van der Waals surface area contributed by atoms with Crippen LogP contribution in [0.2, 0.25) is 0 Å². The monoisotopic (exact) mass is 418 g/mol. The molecule has 0 saturated carbocycles. The number of methoxy groups -OCH3 is 1. The average Bonchev–Trinajstić information content (AvgIpc) is 3.17. The number of hydrogen-bond acceptors (Lipinski definition) is 5. The van der Waals surface area contributed by atoms with Gasteiger partial charge in [-0.3, -0.25) is 14.8 Å². The lowest BCUT2D eigenvalue weighted by atomic mass is 10.1. The third kappa shape index (κ3) is 5.13. The molecule has 31 heavy (non-hydrogen) atoms. The first-order valence-corrected chi connectivity index (χ1v) is 10.0. The molecule has 0 fully saturated rings. The van der Waals surface area contributed by atoms with Crippen molar-refractivity contribution >= 4 is 17.4 Å². The number of nitrogens with one attached hydrogen (secondary N) is 2. The number of benzene rings is 2. The van der Waals surface area contributed by atoms with Gasteiger partial charge >= 0.3 is 0 Å². The molecule has 0 saturated heterocycles. The predicted molar refractivity (Wildman–Crippen MR) is 117 cm³/mol. The molecule has 158 valence electrons. The van der Waals surface area contributed by atoms with Crippen LogP contribution in [-0.2, 0) is 22.5 Å². The first-order valence-electron chi connectivity index (χ1n) is 10.0. The standard InChI is InChI=1S/C24H23FN4O2/c1-31-15-22(16-5-3-2-4-6-16)29-23(30)12-20-11-17-13-27-24(21(17)14-26-20)28-19-9-7-18(25)8-10-19/h2-11,14,22H,12-13,15H2,1H3,(H,27,28)(H,29,30)/t22-/m1/s1. The summed E-state index contributed by atoms with van der Waals surface area (Å²) in [6.07, 6.45) is 1.89. The van der Waals surface area contributed by atoms with Crippen LogP contribution in [0.4, 0.5) is 10.1 Å². The van der Waals surface area contributed by atoms with Gasteiger partial charge in [0, 0.05) is 24.6 Å². The molecular formula is C24H23FN4O2. The van der Waals surface area contributed by atoms with E-state index in [2.05, 4.69) is 20.6 Å². The van der Waals surface area contributed by atoms with Crippen LogP contribution in [0.25, 0.3) is 0 Å². The number of amides is 1. The summed E-state index contributed by atoms with van der Waals surface area (Å²) in [5.74, 6) is 0.278. The molecular weight excluding hydrogens is 395 g/mol. The second-order valence-corrected chi connectivity index (χ2v) is 7.29. The Balaban J connectivity index is 1.40. The largest absolute Gasteiger partial charge is 0.382 e. The Morgan fingerprint density at radius 1 is 1.16 bits per heavy atom. The van der Waals surface area contributed by atoms with Crippen molar-refractivity contribution < 1.29 is 13.9 Å². The first-order chi connectivity index (χ1) is 15.1. The lowest BCUT2D eigenvalue weighted by Gasteiger charge is -2.18. The van der Waals surface area contributed by atoms with Crippen LogP contribution >= 0.6 is 0 Å². The quantitative estimate of drug-likeness (QED) is 0.614. The van der Waals surface area contributed by atoms with Gasteiger partial charge in [-0.1, -0.05) is 30.3 Å². The number of nitrogens with zero attached hydrogens (tertiary/aromatic N) is 2. The molecule has 0 unspecified atom stereocenters. The SMILES string of the molecule is COC[C@@H](NC(=O)Cc1cc2c(cn1)C(Nc1ccc(F)cc1)=NC2)c1ccccc1. The number of halogens is 1. The summed E-state index contributed by atoms with van der Waals surface area (Å²) >= 11 is 0. The van der Waals surface area contributed by atoms with Crippen LogP contribution in [0.15, 0.2) is 71.9 Å². The van der Waals surface area contributed by atoms with Crippen LogP contribution in [0.5, 0.6) is 0 Å². The van der Waals surface area contributed by atoms with E-state index in [-0.39, 0.29) is 24.2 Å². The van der Waals surface area contributed by atoms with Crippen molar-refractivity contribution in [1.82, 2.24) is 10.3 Å². The van der Waals surface area contributed by atoms with Crippen molar-refractivity contribution in [3.05, 3.63) is 95.1 Å². The number of carbonyl (C=O) groups excluding carboxylic acids is 1. The second kappa shape index (κ2) is 9.49. The van der Waals surface area contributed by atoms with Crippen molar-refractivity contribution in [3.63, 3.8) is 0 Å². The number of rotatable bonds is 7. The highest BCUT2D eigenvalue weighted by molar-refractivity contribution is 6.10. The Bertz CT molecular complexity index is 1080. The molecule has 6 nitrogen and oxygen atoms in total. The molecule has 2 aromatic carbocycles. The Kier molecular flexibility index (Phi) is 6.33. The zero-order valence-electron chi connectivity index (χ0n) is 17.1. The van der Waals surface area contributed by atoms with E-state index in [0.29, 0.717) is 24.7 Å². The van der Waals surface area contributed by atoms with Gasteiger partial charge in [0.25, 0.3) is 0 Å². The van der Waals surface area contributed by atoms with Gasteiger partial charge in [-0.05, 0) is 41.5 Å². The Labute approximate surface area is 180 Å². The molecule has 4 rings (SSSR count). The van der Waals surface area contributed by atoms with E-state index in [1.54, 1.807) is 25.4 Å². The minimum atomic E-state index is -0.288. The highest BCUT2D eigenvalue weighted by atomic mass is 19.1. The number of amidine groups is 1. The summed E-state index contributed by atoms with van der Waals surface area (Å²) in [5.41, 5.74) is 4.30. The van der Waals surface area contributed by atoms with Crippen molar-refractivity contribution in [2.75, 3.05) is 19.0 Å². The van der Waals surface area contributed by atoms with Gasteiger partial charge in [0.1, 0.15) is 11.7 Å². The zero-order chi connectivity index (χ0) is 21.6. The maximum Gasteiger partial charge on any atom is 0.226 e. The van der Waals surface area contributed by atoms with Crippen LogP contribution in [-0.4, -0.2) is 30.4 Å². The summed E-state index contributed by atoms with van der Waals surface area (Å²) in [6.45, 7) is 0.895. The third-order valence-electron chi connectivity index (χ3n) is 5.03. The number of fused-ring (bicyclic) bond motifs is 1. The van der Waals surface area contributed by atoms with E-state index in [9.17, 15) is 9.18 Å². The molecule has 0 aliphatic carbocycles. The molecule has 7 heteroatoms. The third-order valence-corrected chi connectivity index (χ3v) is 5.03. The first kappa shape index (κ1) is 20.7. The van der Waals surface area contributed by atoms with Crippen LogP contribution < -0.4 is 10.6 Å². The second-order valence-electron chi connectivity index (χ2n) is 7.29. The van der Waals surface area contributed by atoms with E-state index in [1.165, 1.54) is 12.1 Å². The van der Waals surface area contributed by atoms with E-state index in [4.69, 9.17) is 4.74 Å². The lowest BCUT2D eigenvalue weighted by Crippen LogP contribution is -2.32. The van der Waals surface area contributed by atoms with Gasteiger partial charge in [0.15, 0.2) is 0 Å². The molecule has 1 aliphatic rings. The Morgan fingerprint density at radius 3 is 2.68 bits per heavy atom. The smallest absolute Gasteiger partial charge is 0.226 e. The van der Waals surface area contributed by atoms with Crippen LogP contribution in [0.1, 0.15) is 28.4 Å². The molecule has 0 spiro atoms. The van der Waals surface area contributed by atoms with Gasteiger partial charge in [-0.2, -0.15) is 0 Å². The zero-order valence-corrected chi connectivity index (χ0v) is 17.1. The maximum atomic E-state index is 13.1. The van der Waals surface area contributed by atoms with Crippen molar-refractivity contribution in [2.45, 2.75) is 19.0 Å². The number of ether oxygens (including phenoxy) is 1. The number of anilines is 1. The van der Waals surface area contributed by atoms with Gasteiger partial charge in [-0.15, -0.1) is 0 Å². The minimum Gasteiger partial charge on any atom is -0.382 e. The fourth-order valence-electron chi connectivity index (χ4n) is 3.50. The van der Waals surface area contributed by atoms with Gasteiger partial charge < -0.3 is 15.4 Å². The molecule has 3 aromatic rings. The van der Waals surface area contributed by atoms with Gasteiger partial charge in [0.05, 0.1) is 31.3 Å². The van der Waals surface area contributed by atoms with Crippen LogP contribution in [0, 0.1) is 5.82 Å². The number of aromatic nitrogens is 1. The summed E-state index contributed by atoms with van der Waals surface area (Å²) in [4.78, 5) is 21.6. The van der Waals surface area contributed by atoms with E-state index >= 15 is 0 Å². The van der Waals surface area contributed by atoms with E-state index in [1.807, 2.05) is 36.4 Å². The topological polar surface area (TPSA) is 75.6 Å². The molecule has 1 amide bonds. The van der Waals surface area contributed by atoms with Gasteiger partial charge in [-0.25, -0.2) is 4.39 Å². The molecule has 2 N–H and O–H groups in total. The lowest BCUT2D eigenvalue weighted by molar-refractivity contribution is -0.121. The van der Waals surface area contributed by atoms with Crippen molar-refractivity contribution in [3.8, 4) is 0 Å². The molecule has 2 heterocycles. The number of pyridine rings is 1. The van der Waals surface area contributed by atoms with Gasteiger partial charge in [0.2, 0.25) is 5.91 Å². The minimum absolute atomic E-state index is 0.123. The maximum absolute atomic E-state index is 13.1. The Hall–Kier alpha value is -3.58. The number of aliphatic imine (C=N–C) groups is 1. The summed E-state index contributed by atoms with van der Waals surface area (Å²) in [5, 5.41) is 6.21. The Morgan fingerprint density at radius 2 is 1.94 bits per heavy atom. The average molecular weight is 418 g/mol. The van der Waals surface area contributed by atoms with E-state index in [0.717, 1.165) is 22.4 Å². The van der Waals surface area contributed by atoms with E-state index < -0.39 is 0 Å². The molecule has 1 aromatic heterocycles. The normalized spacial score (nSPS) is 13.3. The van der Waals surface area contributed by atoms with Crippen LogP contribution in [0.3, 0.4) is 0 Å². The summed E-state index contributed by atoms with van der Waals surface area (Å²) in [6, 6.07) is 17.5. The number of hydrogen-bond donors (Lipinski definition) is 2. The van der Waals surface area contributed by atoms with Crippen molar-refractivity contribution in [1.29, 1.82) is 0 Å². The fourth-order valence-corrected chi connectivity index (χ4v) is 3.50. The predicted octanol–water partition coefficient (Wildman–Crippen LogP) is 3.64. The molecule has 0 radical (unpaired) electrons. The summed E-state index contributed by atoms with van der Waals surface area (Å²) in [7, 11) is 1.61. The number of carbonyl (C=O) groups is 1. The van der Waals surface area contributed by atoms with Crippen molar-refractivity contribution in [2.24, 2.45) is 4.99 Å². The highest BCUT2D eigenvalue weighted by Crippen LogP contribution is 2.21. The highest BCUT2D eigenvalue weighted by Gasteiger charge is 2.19. The fraction of sp³-hybridized carbons (Fsp3) is 0.208. The summed E-state index contributed by atoms with van der Waals surface area (Å²) < 4.78 is 18.4. The molecule has 0 bridgehead atoms. The molecule has 1 aliphatic heterocycles.